The number of hydrogen-bond donors (Lipinski definition) is 0. The number of ketones is 1. The van der Waals surface area contributed by atoms with Gasteiger partial charge in [-0.15, -0.1) is 0 Å². The Bertz CT molecular complexity index is 362. The summed E-state index contributed by atoms with van der Waals surface area (Å²) in [4.78, 5) is 12.0. The first-order valence-corrected chi connectivity index (χ1v) is 6.39. The van der Waals surface area contributed by atoms with Crippen molar-refractivity contribution in [3.63, 3.8) is 0 Å². The fourth-order valence-corrected chi connectivity index (χ4v) is 3.34. The molecule has 2 rings (SSSR count). The largest absolute Gasteiger partial charge is 0.295 e. The van der Waals surface area contributed by atoms with Gasteiger partial charge in [0.2, 0.25) is 0 Å². The smallest absolute Gasteiger partial charge is 0.159 e. The molecule has 1 heteroatoms. The predicted octanol–water partition coefficient (Wildman–Crippen LogP) is 3.90. The fraction of sp³-hybridized carbons (Fsp3) is 0.667. The zero-order valence-electron chi connectivity index (χ0n) is 10.7. The highest BCUT2D eigenvalue weighted by Crippen LogP contribution is 2.44. The number of rotatable bonds is 1. The van der Waals surface area contributed by atoms with Crippen LogP contribution in [0.3, 0.4) is 0 Å². The first-order chi connectivity index (χ1) is 7.50. The highest BCUT2D eigenvalue weighted by atomic mass is 16.1. The molecule has 0 aliphatic heterocycles. The van der Waals surface area contributed by atoms with Gasteiger partial charge in [-0.05, 0) is 56.4 Å². The summed E-state index contributed by atoms with van der Waals surface area (Å²) in [6.45, 7) is 10.6. The standard InChI is InChI=1S/C15H22O/c1-9(2)12-6-5-10(3)15-13(8-12)11(4)7-14(15)16/h11-13H,1,5-8H2,2-4H3/t11-,12+,13?/m0/s1. The second-order valence-corrected chi connectivity index (χ2v) is 5.72. The summed E-state index contributed by atoms with van der Waals surface area (Å²) in [6.07, 6.45) is 4.18. The molecular weight excluding hydrogens is 196 g/mol. The van der Waals surface area contributed by atoms with E-state index in [-0.39, 0.29) is 0 Å². The van der Waals surface area contributed by atoms with E-state index in [2.05, 4.69) is 27.4 Å². The molecular formula is C15H22O. The molecule has 0 aromatic carbocycles. The van der Waals surface area contributed by atoms with Crippen molar-refractivity contribution in [1.29, 1.82) is 0 Å². The Labute approximate surface area is 98.6 Å². The van der Waals surface area contributed by atoms with Gasteiger partial charge >= 0.3 is 0 Å². The molecule has 1 unspecified atom stereocenters. The first kappa shape index (κ1) is 11.6. The Kier molecular flexibility index (Phi) is 3.05. The predicted molar refractivity (Wildman–Crippen MR) is 67.1 cm³/mol. The summed E-state index contributed by atoms with van der Waals surface area (Å²) in [6, 6.07) is 0. The van der Waals surface area contributed by atoms with Crippen molar-refractivity contribution in [3.05, 3.63) is 23.3 Å². The second kappa shape index (κ2) is 4.20. The molecule has 88 valence electrons. The molecule has 0 bridgehead atoms. The minimum atomic E-state index is 0.414. The van der Waals surface area contributed by atoms with Crippen LogP contribution < -0.4 is 0 Å². The van der Waals surface area contributed by atoms with Gasteiger partial charge in [0.05, 0.1) is 0 Å². The van der Waals surface area contributed by atoms with Crippen molar-refractivity contribution in [3.8, 4) is 0 Å². The maximum Gasteiger partial charge on any atom is 0.159 e. The summed E-state index contributed by atoms with van der Waals surface area (Å²) < 4.78 is 0. The van der Waals surface area contributed by atoms with Crippen LogP contribution in [-0.4, -0.2) is 5.78 Å². The molecule has 0 heterocycles. The van der Waals surface area contributed by atoms with E-state index in [0.29, 0.717) is 23.5 Å². The van der Waals surface area contributed by atoms with Gasteiger partial charge in [-0.2, -0.15) is 0 Å². The number of carbonyl (C=O) groups excluding carboxylic acids is 1. The van der Waals surface area contributed by atoms with Gasteiger partial charge in [-0.1, -0.05) is 24.6 Å². The van der Waals surface area contributed by atoms with Crippen LogP contribution in [0.15, 0.2) is 23.3 Å². The molecule has 2 aliphatic carbocycles. The summed E-state index contributed by atoms with van der Waals surface area (Å²) in [7, 11) is 0. The summed E-state index contributed by atoms with van der Waals surface area (Å²) >= 11 is 0. The highest BCUT2D eigenvalue weighted by molar-refractivity contribution is 5.99. The Morgan fingerprint density at radius 3 is 2.75 bits per heavy atom. The van der Waals surface area contributed by atoms with E-state index in [0.717, 1.165) is 19.3 Å². The van der Waals surface area contributed by atoms with Crippen LogP contribution in [0.1, 0.15) is 46.5 Å². The van der Waals surface area contributed by atoms with Gasteiger partial charge in [0.1, 0.15) is 0 Å². The maximum absolute atomic E-state index is 12.0. The quantitative estimate of drug-likeness (QED) is 0.610. The van der Waals surface area contributed by atoms with Gasteiger partial charge in [-0.3, -0.25) is 4.79 Å². The van der Waals surface area contributed by atoms with E-state index < -0.39 is 0 Å². The molecule has 2 aliphatic rings. The van der Waals surface area contributed by atoms with Gasteiger partial charge in [0, 0.05) is 6.42 Å². The van der Waals surface area contributed by atoms with Crippen molar-refractivity contribution in [2.24, 2.45) is 17.8 Å². The third-order valence-electron chi connectivity index (χ3n) is 4.43. The van der Waals surface area contributed by atoms with Crippen molar-refractivity contribution < 1.29 is 4.79 Å². The molecule has 16 heavy (non-hydrogen) atoms. The van der Waals surface area contributed by atoms with E-state index in [1.807, 2.05) is 0 Å². The highest BCUT2D eigenvalue weighted by Gasteiger charge is 2.38. The van der Waals surface area contributed by atoms with E-state index in [1.165, 1.54) is 23.1 Å². The number of fused-ring (bicyclic) bond motifs is 1. The summed E-state index contributed by atoms with van der Waals surface area (Å²) in [5.41, 5.74) is 3.82. The number of carbonyl (C=O) groups is 1. The van der Waals surface area contributed by atoms with Gasteiger partial charge < -0.3 is 0 Å². The number of hydrogen-bond acceptors (Lipinski definition) is 1. The van der Waals surface area contributed by atoms with E-state index in [1.54, 1.807) is 0 Å². The first-order valence-electron chi connectivity index (χ1n) is 6.39. The molecule has 1 fully saturated rings. The van der Waals surface area contributed by atoms with E-state index >= 15 is 0 Å². The molecule has 0 saturated heterocycles. The molecule has 0 amide bonds. The minimum Gasteiger partial charge on any atom is -0.295 e. The molecule has 1 nitrogen and oxygen atoms in total. The molecule has 0 N–H and O–H groups in total. The minimum absolute atomic E-state index is 0.414. The summed E-state index contributed by atoms with van der Waals surface area (Å²) in [5.74, 6) is 2.08. The third-order valence-corrected chi connectivity index (χ3v) is 4.43. The van der Waals surface area contributed by atoms with E-state index in [4.69, 9.17) is 0 Å². The molecule has 1 saturated carbocycles. The normalized spacial score (nSPS) is 34.9. The Morgan fingerprint density at radius 1 is 1.44 bits per heavy atom. The molecule has 0 spiro atoms. The Balaban J connectivity index is 2.31. The Hall–Kier alpha value is -0.850. The lowest BCUT2D eigenvalue weighted by atomic mass is 9.83. The lowest BCUT2D eigenvalue weighted by molar-refractivity contribution is -0.114. The van der Waals surface area contributed by atoms with Crippen LogP contribution in [0.5, 0.6) is 0 Å². The molecule has 0 aromatic heterocycles. The van der Waals surface area contributed by atoms with Crippen molar-refractivity contribution in [1.82, 2.24) is 0 Å². The van der Waals surface area contributed by atoms with Gasteiger partial charge in [-0.25, -0.2) is 0 Å². The maximum atomic E-state index is 12.0. The van der Waals surface area contributed by atoms with Crippen LogP contribution in [0.2, 0.25) is 0 Å². The van der Waals surface area contributed by atoms with E-state index in [9.17, 15) is 4.79 Å². The molecule has 0 radical (unpaired) electrons. The number of allylic oxidation sites excluding steroid dienone is 3. The SMILES string of the molecule is C=C(C)[C@@H]1CCC(C)=C2C(=O)C[C@H](C)C2C1. The van der Waals surface area contributed by atoms with Crippen LogP contribution in [0.25, 0.3) is 0 Å². The molecule has 3 atom stereocenters. The average molecular weight is 218 g/mol. The Morgan fingerprint density at radius 2 is 2.12 bits per heavy atom. The van der Waals surface area contributed by atoms with Gasteiger partial charge in [0.15, 0.2) is 5.78 Å². The summed E-state index contributed by atoms with van der Waals surface area (Å²) in [5, 5.41) is 0. The fourth-order valence-electron chi connectivity index (χ4n) is 3.34. The van der Waals surface area contributed by atoms with Crippen LogP contribution in [-0.2, 0) is 4.79 Å². The van der Waals surface area contributed by atoms with Crippen LogP contribution >= 0.6 is 0 Å². The van der Waals surface area contributed by atoms with Crippen molar-refractivity contribution in [2.45, 2.75) is 46.5 Å². The van der Waals surface area contributed by atoms with Gasteiger partial charge in [0.25, 0.3) is 0 Å². The van der Waals surface area contributed by atoms with Crippen molar-refractivity contribution >= 4 is 5.78 Å². The zero-order valence-corrected chi connectivity index (χ0v) is 10.7. The zero-order chi connectivity index (χ0) is 11.9. The van der Waals surface area contributed by atoms with Crippen LogP contribution in [0.4, 0.5) is 0 Å². The lowest BCUT2D eigenvalue weighted by Crippen LogP contribution is -2.12. The lowest BCUT2D eigenvalue weighted by Gasteiger charge is -2.21. The second-order valence-electron chi connectivity index (χ2n) is 5.72. The monoisotopic (exact) mass is 218 g/mol. The third kappa shape index (κ3) is 1.88. The molecule has 0 aromatic rings. The number of Topliss-reactive ketones (excluding diaryl/α,β-unsaturated/α-hetero) is 1. The van der Waals surface area contributed by atoms with Crippen LogP contribution in [0, 0.1) is 17.8 Å². The van der Waals surface area contributed by atoms with Crippen molar-refractivity contribution in [2.75, 3.05) is 0 Å². The topological polar surface area (TPSA) is 17.1 Å². The average Bonchev–Trinajstić information content (AvgIpc) is 2.39.